The van der Waals surface area contributed by atoms with Gasteiger partial charge in [0.15, 0.2) is 0 Å². The lowest BCUT2D eigenvalue weighted by Gasteiger charge is -2.00. The number of hydrogen-bond acceptors (Lipinski definition) is 4. The van der Waals surface area contributed by atoms with Gasteiger partial charge in [-0.15, -0.1) is 11.3 Å². The molecule has 0 bridgehead atoms. The van der Waals surface area contributed by atoms with E-state index in [0.717, 1.165) is 11.3 Å². The van der Waals surface area contributed by atoms with Crippen LogP contribution in [0.3, 0.4) is 0 Å². The molecule has 6 heteroatoms. The van der Waals surface area contributed by atoms with Gasteiger partial charge in [-0.3, -0.25) is 0 Å². The van der Waals surface area contributed by atoms with E-state index in [1.807, 2.05) is 0 Å². The maximum atomic E-state index is 13.8. The summed E-state index contributed by atoms with van der Waals surface area (Å²) in [6.45, 7) is 1.97. The van der Waals surface area contributed by atoms with E-state index in [0.29, 0.717) is 15.5 Å². The molecule has 0 aliphatic rings. The fourth-order valence-corrected chi connectivity index (χ4v) is 2.74. The molecule has 0 fully saturated rings. The summed E-state index contributed by atoms with van der Waals surface area (Å²) in [5, 5.41) is 0.316. The molecule has 0 radical (unpaired) electrons. The molecule has 1 aromatic heterocycles. The molecule has 2 rings (SSSR count). The summed E-state index contributed by atoms with van der Waals surface area (Å²) < 4.78 is 18.7. The Labute approximate surface area is 118 Å². The van der Waals surface area contributed by atoms with Gasteiger partial charge in [0.05, 0.1) is 12.3 Å². The Bertz CT molecular complexity index is 627. The molecule has 2 aromatic rings. The van der Waals surface area contributed by atoms with Gasteiger partial charge in [-0.25, -0.2) is 9.18 Å². The Hall–Kier alpha value is -1.59. The van der Waals surface area contributed by atoms with Crippen LogP contribution in [-0.2, 0) is 4.74 Å². The van der Waals surface area contributed by atoms with Crippen molar-refractivity contribution in [3.8, 4) is 10.4 Å². The van der Waals surface area contributed by atoms with Crippen LogP contribution in [0.2, 0.25) is 5.02 Å². The zero-order valence-corrected chi connectivity index (χ0v) is 11.6. The van der Waals surface area contributed by atoms with Crippen molar-refractivity contribution in [2.45, 2.75) is 6.92 Å². The molecule has 0 spiro atoms. The molecule has 0 amide bonds. The van der Waals surface area contributed by atoms with Gasteiger partial charge in [0.25, 0.3) is 0 Å². The SMILES string of the molecule is CCOC(=O)c1sc(-c2ccc(Cl)cc2F)cc1N. The van der Waals surface area contributed by atoms with Crippen LogP contribution in [0.5, 0.6) is 0 Å². The first-order valence-corrected chi connectivity index (χ1v) is 6.74. The second-order valence-electron chi connectivity index (χ2n) is 3.74. The van der Waals surface area contributed by atoms with E-state index in [2.05, 4.69) is 0 Å². The molecule has 0 saturated heterocycles. The van der Waals surface area contributed by atoms with Gasteiger partial charge in [0.2, 0.25) is 0 Å². The van der Waals surface area contributed by atoms with Crippen LogP contribution >= 0.6 is 22.9 Å². The maximum Gasteiger partial charge on any atom is 0.350 e. The number of ether oxygens (including phenoxy) is 1. The van der Waals surface area contributed by atoms with Crippen molar-refractivity contribution in [2.24, 2.45) is 0 Å². The number of hydrogen-bond donors (Lipinski definition) is 1. The van der Waals surface area contributed by atoms with Crippen LogP contribution in [0.25, 0.3) is 10.4 Å². The van der Waals surface area contributed by atoms with Gasteiger partial charge in [-0.05, 0) is 31.2 Å². The van der Waals surface area contributed by atoms with E-state index in [-0.39, 0.29) is 17.2 Å². The Balaban J connectivity index is 2.42. The van der Waals surface area contributed by atoms with Crippen LogP contribution in [0.15, 0.2) is 24.3 Å². The predicted octanol–water partition coefficient (Wildman–Crippen LogP) is 3.97. The normalized spacial score (nSPS) is 10.5. The highest BCUT2D eigenvalue weighted by molar-refractivity contribution is 7.18. The van der Waals surface area contributed by atoms with Gasteiger partial charge in [-0.1, -0.05) is 11.6 Å². The molecule has 3 nitrogen and oxygen atoms in total. The lowest BCUT2D eigenvalue weighted by Crippen LogP contribution is -2.04. The van der Waals surface area contributed by atoms with Crippen molar-refractivity contribution in [3.63, 3.8) is 0 Å². The van der Waals surface area contributed by atoms with E-state index < -0.39 is 11.8 Å². The third-order valence-electron chi connectivity index (χ3n) is 2.42. The molecule has 1 heterocycles. The smallest absolute Gasteiger partial charge is 0.350 e. The molecular formula is C13H11ClFNO2S. The van der Waals surface area contributed by atoms with Crippen molar-refractivity contribution >= 4 is 34.6 Å². The van der Waals surface area contributed by atoms with Crippen molar-refractivity contribution in [1.29, 1.82) is 0 Å². The zero-order chi connectivity index (χ0) is 14.0. The molecule has 0 aliphatic heterocycles. The van der Waals surface area contributed by atoms with Crippen molar-refractivity contribution in [1.82, 2.24) is 0 Å². The first kappa shape index (κ1) is 13.8. The monoisotopic (exact) mass is 299 g/mol. The van der Waals surface area contributed by atoms with Crippen LogP contribution in [0, 0.1) is 5.82 Å². The molecule has 19 heavy (non-hydrogen) atoms. The highest BCUT2D eigenvalue weighted by atomic mass is 35.5. The maximum absolute atomic E-state index is 13.8. The average Bonchev–Trinajstić information content (AvgIpc) is 2.71. The molecular weight excluding hydrogens is 289 g/mol. The number of carbonyl (C=O) groups is 1. The third kappa shape index (κ3) is 2.88. The highest BCUT2D eigenvalue weighted by Crippen LogP contribution is 2.35. The number of nitrogens with two attached hydrogens (primary N) is 1. The molecule has 2 N–H and O–H groups in total. The van der Waals surface area contributed by atoms with E-state index in [4.69, 9.17) is 22.1 Å². The summed E-state index contributed by atoms with van der Waals surface area (Å²) in [7, 11) is 0. The van der Waals surface area contributed by atoms with Crippen LogP contribution < -0.4 is 5.73 Å². The number of carbonyl (C=O) groups excluding carboxylic acids is 1. The molecule has 1 aromatic carbocycles. The second-order valence-corrected chi connectivity index (χ2v) is 5.23. The topological polar surface area (TPSA) is 52.3 Å². The summed E-state index contributed by atoms with van der Waals surface area (Å²) in [6, 6.07) is 5.91. The average molecular weight is 300 g/mol. The predicted molar refractivity (Wildman–Crippen MR) is 75.1 cm³/mol. The minimum absolute atomic E-state index is 0.265. The van der Waals surface area contributed by atoms with Gasteiger partial charge in [0, 0.05) is 15.5 Å². The summed E-state index contributed by atoms with van der Waals surface area (Å²) in [4.78, 5) is 12.5. The number of thiophene rings is 1. The Kier molecular flexibility index (Phi) is 4.07. The van der Waals surface area contributed by atoms with E-state index in [9.17, 15) is 9.18 Å². The zero-order valence-electron chi connectivity index (χ0n) is 10.1. The van der Waals surface area contributed by atoms with E-state index >= 15 is 0 Å². The first-order valence-electron chi connectivity index (χ1n) is 5.54. The molecule has 0 saturated carbocycles. The van der Waals surface area contributed by atoms with Crippen LogP contribution in [0.4, 0.5) is 10.1 Å². The Morgan fingerprint density at radius 3 is 2.84 bits per heavy atom. The van der Waals surface area contributed by atoms with Gasteiger partial charge < -0.3 is 10.5 Å². The van der Waals surface area contributed by atoms with Crippen molar-refractivity contribution in [3.05, 3.63) is 40.0 Å². The molecule has 0 unspecified atom stereocenters. The lowest BCUT2D eigenvalue weighted by atomic mass is 10.1. The minimum atomic E-state index is -0.495. The molecule has 0 aliphatic carbocycles. The molecule has 100 valence electrons. The summed E-state index contributed by atoms with van der Waals surface area (Å²) >= 11 is 6.80. The number of esters is 1. The lowest BCUT2D eigenvalue weighted by molar-refractivity contribution is 0.0533. The number of anilines is 1. The number of benzene rings is 1. The fourth-order valence-electron chi connectivity index (χ4n) is 1.58. The highest BCUT2D eigenvalue weighted by Gasteiger charge is 2.17. The minimum Gasteiger partial charge on any atom is -0.462 e. The largest absolute Gasteiger partial charge is 0.462 e. The van der Waals surface area contributed by atoms with Gasteiger partial charge >= 0.3 is 5.97 Å². The van der Waals surface area contributed by atoms with Gasteiger partial charge in [-0.2, -0.15) is 0 Å². The standard InChI is InChI=1S/C13H11ClFNO2S/c1-2-18-13(17)12-10(16)6-11(19-12)8-4-3-7(14)5-9(8)15/h3-6H,2,16H2,1H3. The van der Waals surface area contributed by atoms with E-state index in [1.165, 1.54) is 6.07 Å². The second kappa shape index (κ2) is 5.59. The van der Waals surface area contributed by atoms with E-state index in [1.54, 1.807) is 25.1 Å². The van der Waals surface area contributed by atoms with Crippen molar-refractivity contribution in [2.75, 3.05) is 12.3 Å². The number of rotatable bonds is 3. The van der Waals surface area contributed by atoms with Crippen LogP contribution in [0.1, 0.15) is 16.6 Å². The van der Waals surface area contributed by atoms with Gasteiger partial charge in [0.1, 0.15) is 10.7 Å². The molecule has 0 atom stereocenters. The quantitative estimate of drug-likeness (QED) is 0.873. The summed E-state index contributed by atoms with van der Waals surface area (Å²) in [6.07, 6.45) is 0. The Morgan fingerprint density at radius 1 is 1.47 bits per heavy atom. The number of halogens is 2. The van der Waals surface area contributed by atoms with Crippen LogP contribution in [-0.4, -0.2) is 12.6 Å². The Morgan fingerprint density at radius 2 is 2.21 bits per heavy atom. The fraction of sp³-hybridized carbons (Fsp3) is 0.154. The third-order valence-corrected chi connectivity index (χ3v) is 3.82. The summed E-state index contributed by atoms with van der Waals surface area (Å²) in [5.74, 6) is -0.949. The summed E-state index contributed by atoms with van der Waals surface area (Å²) in [5.41, 5.74) is 6.39. The number of nitrogen functional groups attached to an aromatic ring is 1. The van der Waals surface area contributed by atoms with Crippen molar-refractivity contribution < 1.29 is 13.9 Å². The first-order chi connectivity index (χ1) is 9.02.